The molecule has 0 aromatic heterocycles. The van der Waals surface area contributed by atoms with Gasteiger partial charge in [0.15, 0.2) is 27.3 Å². The summed E-state index contributed by atoms with van der Waals surface area (Å²) in [6, 6.07) is 8.35. The lowest BCUT2D eigenvalue weighted by Crippen LogP contribution is -2.45. The van der Waals surface area contributed by atoms with Crippen LogP contribution in [0.25, 0.3) is 0 Å². The Bertz CT molecular complexity index is 1230. The molecule has 0 radical (unpaired) electrons. The average Bonchev–Trinajstić information content (AvgIpc) is 2.83. The van der Waals surface area contributed by atoms with E-state index in [1.807, 2.05) is 12.1 Å². The number of hydrogen-bond donors (Lipinski definition) is 3. The van der Waals surface area contributed by atoms with Crippen LogP contribution in [0, 0.1) is 5.41 Å². The molecule has 1 aliphatic heterocycles. The highest BCUT2D eigenvalue weighted by molar-refractivity contribution is 7.90. The number of sulfone groups is 1. The fraction of sp³-hybridized carbons (Fsp3) is 0.417. The van der Waals surface area contributed by atoms with Gasteiger partial charge < -0.3 is 19.9 Å². The minimum absolute atomic E-state index is 0.0937. The van der Waals surface area contributed by atoms with Crippen LogP contribution >= 0.6 is 0 Å². The maximum Gasteiger partial charge on any atom is 0.257 e. The molecule has 0 atom stereocenters. The molecule has 12 heteroatoms. The molecule has 1 heterocycles. The summed E-state index contributed by atoms with van der Waals surface area (Å²) in [5, 5.41) is 9.38. The number of guanidine groups is 1. The zero-order valence-electron chi connectivity index (χ0n) is 21.0. The number of nitrogens with zero attached hydrogens (tertiary/aromatic N) is 2. The number of nitrogens with two attached hydrogens (primary N) is 1. The molecule has 4 N–H and O–H groups in total. The SMILES string of the molecule is COc1ccc(CN2CCN(Cc3ccc(C(=O)NC(=N)N)cc3S(C)(=O)=O)CC2)c(OC)c1OC. The van der Waals surface area contributed by atoms with Crippen LogP contribution in [0.4, 0.5) is 0 Å². The van der Waals surface area contributed by atoms with Crippen molar-refractivity contribution in [3.63, 3.8) is 0 Å². The Morgan fingerprint density at radius 3 is 2.00 bits per heavy atom. The van der Waals surface area contributed by atoms with Crippen LogP contribution in [0.15, 0.2) is 35.2 Å². The van der Waals surface area contributed by atoms with Crippen LogP contribution in [-0.2, 0) is 22.9 Å². The van der Waals surface area contributed by atoms with Crippen molar-refractivity contribution >= 4 is 21.7 Å². The first-order valence-electron chi connectivity index (χ1n) is 11.3. The normalized spacial score (nSPS) is 14.8. The third kappa shape index (κ3) is 6.45. The van der Waals surface area contributed by atoms with Gasteiger partial charge in [0.05, 0.1) is 26.2 Å². The molecule has 1 amide bonds. The van der Waals surface area contributed by atoms with E-state index in [1.54, 1.807) is 33.5 Å². The summed E-state index contributed by atoms with van der Waals surface area (Å²) in [5.41, 5.74) is 6.95. The van der Waals surface area contributed by atoms with E-state index in [-0.39, 0.29) is 10.5 Å². The van der Waals surface area contributed by atoms with Crippen molar-refractivity contribution in [1.29, 1.82) is 5.41 Å². The van der Waals surface area contributed by atoms with Gasteiger partial charge in [0.25, 0.3) is 5.91 Å². The molecule has 3 rings (SSSR count). The molecule has 0 spiro atoms. The van der Waals surface area contributed by atoms with Crippen LogP contribution in [0.3, 0.4) is 0 Å². The molecule has 1 aliphatic rings. The zero-order valence-corrected chi connectivity index (χ0v) is 21.8. The van der Waals surface area contributed by atoms with Gasteiger partial charge in [-0.1, -0.05) is 12.1 Å². The summed E-state index contributed by atoms with van der Waals surface area (Å²) in [7, 11) is 1.19. The fourth-order valence-electron chi connectivity index (χ4n) is 4.24. The van der Waals surface area contributed by atoms with E-state index in [4.69, 9.17) is 25.4 Å². The van der Waals surface area contributed by atoms with Crippen LogP contribution in [0.2, 0.25) is 0 Å². The number of rotatable bonds is 9. The maximum atomic E-state index is 12.4. The van der Waals surface area contributed by atoms with Gasteiger partial charge in [-0.3, -0.25) is 25.3 Å². The van der Waals surface area contributed by atoms with Gasteiger partial charge in [-0.25, -0.2) is 8.42 Å². The Morgan fingerprint density at radius 1 is 0.944 bits per heavy atom. The highest BCUT2D eigenvalue weighted by Crippen LogP contribution is 2.40. The summed E-state index contributed by atoms with van der Waals surface area (Å²) < 4.78 is 41.3. The Hall–Kier alpha value is -3.35. The minimum Gasteiger partial charge on any atom is -0.493 e. The summed E-state index contributed by atoms with van der Waals surface area (Å²) in [4.78, 5) is 16.8. The molecule has 2 aromatic rings. The van der Waals surface area contributed by atoms with Crippen molar-refractivity contribution < 1.29 is 27.4 Å². The van der Waals surface area contributed by atoms with Crippen molar-refractivity contribution in [2.45, 2.75) is 18.0 Å². The number of piperazine rings is 1. The molecule has 0 aliphatic carbocycles. The van der Waals surface area contributed by atoms with Gasteiger partial charge in [-0.15, -0.1) is 0 Å². The maximum absolute atomic E-state index is 12.4. The number of amides is 1. The monoisotopic (exact) mass is 519 g/mol. The van der Waals surface area contributed by atoms with Gasteiger partial charge >= 0.3 is 0 Å². The largest absolute Gasteiger partial charge is 0.493 e. The Balaban J connectivity index is 1.69. The second-order valence-electron chi connectivity index (χ2n) is 8.51. The first-order chi connectivity index (χ1) is 17.1. The summed E-state index contributed by atoms with van der Waals surface area (Å²) in [6.07, 6.45) is 1.12. The average molecular weight is 520 g/mol. The molecule has 1 saturated heterocycles. The van der Waals surface area contributed by atoms with Crippen LogP contribution in [0.5, 0.6) is 17.2 Å². The summed E-state index contributed by atoms with van der Waals surface area (Å²) >= 11 is 0. The molecule has 196 valence electrons. The predicted molar refractivity (Wildman–Crippen MR) is 136 cm³/mol. The molecular weight excluding hydrogens is 486 g/mol. The van der Waals surface area contributed by atoms with E-state index in [2.05, 4.69) is 15.1 Å². The van der Waals surface area contributed by atoms with E-state index >= 15 is 0 Å². The Kier molecular flexibility index (Phi) is 8.77. The van der Waals surface area contributed by atoms with Gasteiger partial charge in [0.1, 0.15) is 0 Å². The molecule has 1 fully saturated rings. The highest BCUT2D eigenvalue weighted by Gasteiger charge is 2.24. The van der Waals surface area contributed by atoms with Crippen molar-refractivity contribution in [1.82, 2.24) is 15.1 Å². The van der Waals surface area contributed by atoms with Gasteiger partial charge in [0, 0.05) is 56.7 Å². The van der Waals surface area contributed by atoms with E-state index in [1.165, 1.54) is 6.07 Å². The third-order valence-electron chi connectivity index (χ3n) is 6.02. The van der Waals surface area contributed by atoms with Gasteiger partial charge in [-0.05, 0) is 23.8 Å². The lowest BCUT2D eigenvalue weighted by Gasteiger charge is -2.35. The van der Waals surface area contributed by atoms with Gasteiger partial charge in [0.2, 0.25) is 5.75 Å². The summed E-state index contributed by atoms with van der Waals surface area (Å²) in [6.45, 7) is 4.16. The molecule has 0 unspecified atom stereocenters. The van der Waals surface area contributed by atoms with Crippen molar-refractivity contribution in [2.75, 3.05) is 53.8 Å². The number of methoxy groups -OCH3 is 3. The lowest BCUT2D eigenvalue weighted by molar-refractivity contribution is 0.0976. The standard InChI is InChI=1S/C24H33N5O6S/c1-33-19-8-7-18(21(34-2)22(19)35-3)15-29-11-9-28(10-12-29)14-17-6-5-16(23(30)27-24(25)26)13-20(17)36(4,31)32/h5-8,13H,9-12,14-15H2,1-4H3,(H4,25,26,27,30). The van der Waals surface area contributed by atoms with E-state index in [0.717, 1.165) is 38.0 Å². The van der Waals surface area contributed by atoms with Crippen LogP contribution in [0.1, 0.15) is 21.5 Å². The number of hydrogen-bond acceptors (Lipinski definition) is 9. The van der Waals surface area contributed by atoms with Gasteiger partial charge in [-0.2, -0.15) is 0 Å². The number of benzene rings is 2. The van der Waals surface area contributed by atoms with Crippen molar-refractivity contribution in [3.8, 4) is 17.2 Å². The smallest absolute Gasteiger partial charge is 0.257 e. The topological polar surface area (TPSA) is 147 Å². The zero-order chi connectivity index (χ0) is 26.5. The van der Waals surface area contributed by atoms with Crippen molar-refractivity contribution in [2.24, 2.45) is 5.73 Å². The second-order valence-corrected chi connectivity index (χ2v) is 10.5. The van der Waals surface area contributed by atoms with E-state index in [9.17, 15) is 13.2 Å². The number of nitrogens with one attached hydrogen (secondary N) is 2. The fourth-order valence-corrected chi connectivity index (χ4v) is 5.19. The minimum atomic E-state index is -3.58. The number of carbonyl (C=O) groups is 1. The summed E-state index contributed by atoms with van der Waals surface area (Å²) in [5.74, 6) is 0.678. The second kappa shape index (κ2) is 11.6. The van der Waals surface area contributed by atoms with E-state index < -0.39 is 21.7 Å². The number of carbonyl (C=O) groups excluding carboxylic acids is 1. The van der Waals surface area contributed by atoms with E-state index in [0.29, 0.717) is 35.9 Å². The molecule has 11 nitrogen and oxygen atoms in total. The Labute approximate surface area is 211 Å². The molecule has 2 aromatic carbocycles. The highest BCUT2D eigenvalue weighted by atomic mass is 32.2. The molecule has 36 heavy (non-hydrogen) atoms. The third-order valence-corrected chi connectivity index (χ3v) is 7.19. The van der Waals surface area contributed by atoms with Crippen LogP contribution in [-0.4, -0.2) is 83.8 Å². The lowest BCUT2D eigenvalue weighted by atomic mass is 10.1. The predicted octanol–water partition coefficient (Wildman–Crippen LogP) is 1.06. The molecule has 0 bridgehead atoms. The first kappa shape index (κ1) is 27.2. The number of ether oxygens (including phenoxy) is 3. The first-order valence-corrected chi connectivity index (χ1v) is 13.2. The Morgan fingerprint density at radius 2 is 1.50 bits per heavy atom. The van der Waals surface area contributed by atoms with Crippen LogP contribution < -0.4 is 25.3 Å². The molecular formula is C24H33N5O6S. The van der Waals surface area contributed by atoms with Crippen molar-refractivity contribution in [3.05, 3.63) is 47.0 Å². The quantitative estimate of drug-likeness (QED) is 0.327. The molecule has 0 saturated carbocycles.